The maximum atomic E-state index is 13.1. The highest BCUT2D eigenvalue weighted by Gasteiger charge is 2.22. The van der Waals surface area contributed by atoms with Gasteiger partial charge in [0, 0.05) is 19.5 Å². The fraction of sp³-hybridized carbons (Fsp3) is 0.417. The molecule has 0 atom stereocenters. The van der Waals surface area contributed by atoms with Crippen LogP contribution in [-0.4, -0.2) is 70.9 Å². The predicted octanol–water partition coefficient (Wildman–Crippen LogP) is 3.85. The molecule has 0 saturated heterocycles. The number of carbonyl (C=O) groups is 1. The number of rotatable bonds is 12. The lowest BCUT2D eigenvalue weighted by atomic mass is 10.3. The van der Waals surface area contributed by atoms with Crippen molar-refractivity contribution in [3.05, 3.63) is 42.5 Å². The van der Waals surface area contributed by atoms with E-state index in [4.69, 9.17) is 9.47 Å². The summed E-state index contributed by atoms with van der Waals surface area (Å²) in [5.74, 6) is 1.11. The lowest BCUT2D eigenvalue weighted by Crippen LogP contribution is -2.36. The van der Waals surface area contributed by atoms with Crippen molar-refractivity contribution in [1.29, 1.82) is 0 Å². The van der Waals surface area contributed by atoms with Crippen LogP contribution in [-0.2, 0) is 14.6 Å². The molecule has 0 aliphatic carbocycles. The van der Waals surface area contributed by atoms with Crippen molar-refractivity contribution in [2.24, 2.45) is 0 Å². The van der Waals surface area contributed by atoms with Crippen LogP contribution in [0.3, 0.4) is 0 Å². The molecule has 2 aromatic carbocycles. The number of hydrogen-bond acceptors (Lipinski definition) is 8. The number of fused-ring (bicyclic) bond motifs is 1. The highest BCUT2D eigenvalue weighted by molar-refractivity contribution is 7.91. The van der Waals surface area contributed by atoms with Crippen molar-refractivity contribution in [3.63, 3.8) is 0 Å². The number of amides is 1. The third-order valence-corrected chi connectivity index (χ3v) is 8.04. The number of benzene rings is 2. The maximum Gasteiger partial charge on any atom is 0.228 e. The number of thiazole rings is 1. The molecular formula is C24H31N3O5S2. The summed E-state index contributed by atoms with van der Waals surface area (Å²) in [5.41, 5.74) is 0.799. The molecule has 10 heteroatoms. The zero-order valence-electron chi connectivity index (χ0n) is 20.0. The van der Waals surface area contributed by atoms with Crippen molar-refractivity contribution >= 4 is 42.4 Å². The first kappa shape index (κ1) is 25.9. The van der Waals surface area contributed by atoms with Crippen molar-refractivity contribution in [2.45, 2.75) is 24.7 Å². The molecule has 3 rings (SSSR count). The van der Waals surface area contributed by atoms with Crippen LogP contribution in [0.1, 0.15) is 19.8 Å². The number of aromatic nitrogens is 1. The van der Waals surface area contributed by atoms with Crippen LogP contribution >= 0.6 is 11.3 Å². The van der Waals surface area contributed by atoms with E-state index in [1.165, 1.54) is 30.6 Å². The molecule has 0 bridgehead atoms. The maximum absolute atomic E-state index is 13.1. The molecule has 8 nitrogen and oxygen atoms in total. The molecule has 0 unspecified atom stereocenters. The summed E-state index contributed by atoms with van der Waals surface area (Å²) in [6, 6.07) is 12.0. The number of nitrogens with zero attached hydrogens (tertiary/aromatic N) is 3. The number of likely N-dealkylation sites (N-methyl/N-ethyl adjacent to an activating group) is 1. The van der Waals surface area contributed by atoms with Gasteiger partial charge in [0.25, 0.3) is 0 Å². The highest BCUT2D eigenvalue weighted by atomic mass is 32.2. The average Bonchev–Trinajstić information content (AvgIpc) is 3.22. The molecule has 0 spiro atoms. The molecule has 0 aliphatic heterocycles. The molecule has 0 fully saturated rings. The number of hydrogen-bond donors (Lipinski definition) is 0. The molecule has 0 aliphatic rings. The second kappa shape index (κ2) is 11.6. The van der Waals surface area contributed by atoms with E-state index in [1.807, 2.05) is 44.1 Å². The van der Waals surface area contributed by atoms with Gasteiger partial charge in [0.05, 0.1) is 34.6 Å². The van der Waals surface area contributed by atoms with E-state index < -0.39 is 9.84 Å². The Hall–Kier alpha value is -2.69. The normalized spacial score (nSPS) is 11.7. The third kappa shape index (κ3) is 6.68. The largest absolute Gasteiger partial charge is 0.497 e. The monoisotopic (exact) mass is 505 g/mol. The van der Waals surface area contributed by atoms with Crippen LogP contribution in [0.4, 0.5) is 5.13 Å². The molecule has 184 valence electrons. The Morgan fingerprint density at radius 3 is 2.41 bits per heavy atom. The topological polar surface area (TPSA) is 89.0 Å². The fourth-order valence-corrected chi connectivity index (χ4v) is 5.69. The fourth-order valence-electron chi connectivity index (χ4n) is 3.34. The number of methoxy groups -OCH3 is 1. The van der Waals surface area contributed by atoms with E-state index in [2.05, 4.69) is 4.98 Å². The van der Waals surface area contributed by atoms with E-state index in [9.17, 15) is 13.2 Å². The van der Waals surface area contributed by atoms with Crippen LogP contribution in [0.15, 0.2) is 47.4 Å². The SMILES string of the molecule is CCOc1ccc2nc(N(CCN(C)C)C(=O)CCCS(=O)(=O)c3ccc(OC)cc3)sc2c1. The Kier molecular flexibility index (Phi) is 8.87. The van der Waals surface area contributed by atoms with Crippen LogP contribution in [0, 0.1) is 0 Å². The van der Waals surface area contributed by atoms with Gasteiger partial charge in [-0.05, 0) is 69.9 Å². The van der Waals surface area contributed by atoms with Crippen molar-refractivity contribution in [2.75, 3.05) is 51.6 Å². The first-order valence-electron chi connectivity index (χ1n) is 11.1. The number of carbonyl (C=O) groups excluding carboxylic acids is 1. The van der Waals surface area contributed by atoms with Gasteiger partial charge in [-0.3, -0.25) is 9.69 Å². The molecule has 1 aromatic heterocycles. The summed E-state index contributed by atoms with van der Waals surface area (Å²) in [5, 5.41) is 0.605. The van der Waals surface area contributed by atoms with Crippen LogP contribution < -0.4 is 14.4 Å². The van der Waals surface area contributed by atoms with Crippen molar-refractivity contribution in [3.8, 4) is 11.5 Å². The summed E-state index contributed by atoms with van der Waals surface area (Å²) in [4.78, 5) is 21.7. The molecule has 0 radical (unpaired) electrons. The zero-order chi connectivity index (χ0) is 24.7. The van der Waals surface area contributed by atoms with Crippen LogP contribution in [0.5, 0.6) is 11.5 Å². The lowest BCUT2D eigenvalue weighted by molar-refractivity contribution is -0.118. The van der Waals surface area contributed by atoms with Crippen molar-refractivity contribution in [1.82, 2.24) is 9.88 Å². The van der Waals surface area contributed by atoms with Crippen molar-refractivity contribution < 1.29 is 22.7 Å². The van der Waals surface area contributed by atoms with E-state index in [-0.39, 0.29) is 29.4 Å². The van der Waals surface area contributed by atoms with Gasteiger partial charge in [0.1, 0.15) is 11.5 Å². The van der Waals surface area contributed by atoms with Gasteiger partial charge in [-0.25, -0.2) is 13.4 Å². The van der Waals surface area contributed by atoms with Gasteiger partial charge in [-0.15, -0.1) is 0 Å². The minimum Gasteiger partial charge on any atom is -0.497 e. The molecule has 0 saturated carbocycles. The minimum atomic E-state index is -3.49. The van der Waals surface area contributed by atoms with E-state index in [0.717, 1.165) is 16.0 Å². The van der Waals surface area contributed by atoms with E-state index in [1.54, 1.807) is 17.0 Å². The predicted molar refractivity (Wildman–Crippen MR) is 136 cm³/mol. The molecule has 3 aromatic rings. The second-order valence-electron chi connectivity index (χ2n) is 8.01. The van der Waals surface area contributed by atoms with Gasteiger partial charge in [0.2, 0.25) is 5.91 Å². The molecular weight excluding hydrogens is 474 g/mol. The third-order valence-electron chi connectivity index (χ3n) is 5.18. The summed E-state index contributed by atoms with van der Waals surface area (Å²) in [7, 11) is 1.92. The minimum absolute atomic E-state index is 0.107. The summed E-state index contributed by atoms with van der Waals surface area (Å²) in [6.45, 7) is 3.63. The van der Waals surface area contributed by atoms with Gasteiger partial charge >= 0.3 is 0 Å². The number of anilines is 1. The number of sulfone groups is 1. The molecule has 1 amide bonds. The summed E-state index contributed by atoms with van der Waals surface area (Å²) in [6.07, 6.45) is 0.341. The summed E-state index contributed by atoms with van der Waals surface area (Å²) < 4.78 is 36.9. The van der Waals surface area contributed by atoms with Gasteiger partial charge in [0.15, 0.2) is 15.0 Å². The van der Waals surface area contributed by atoms with Crippen LogP contribution in [0.2, 0.25) is 0 Å². The van der Waals surface area contributed by atoms with Crippen LogP contribution in [0.25, 0.3) is 10.2 Å². The smallest absolute Gasteiger partial charge is 0.228 e. The Morgan fingerprint density at radius 1 is 1.06 bits per heavy atom. The molecule has 1 heterocycles. The Balaban J connectivity index is 1.71. The zero-order valence-corrected chi connectivity index (χ0v) is 21.6. The first-order valence-corrected chi connectivity index (χ1v) is 13.6. The van der Waals surface area contributed by atoms with Gasteiger partial charge < -0.3 is 14.4 Å². The standard InChI is InChI=1S/C24H31N3O5S2/c1-5-32-19-10-13-21-22(17-19)33-24(25-21)27(15-14-26(2)3)23(28)7-6-16-34(29,30)20-11-8-18(31-4)9-12-20/h8-13,17H,5-7,14-16H2,1-4H3. The summed E-state index contributed by atoms with van der Waals surface area (Å²) >= 11 is 1.43. The van der Waals surface area contributed by atoms with E-state index in [0.29, 0.717) is 30.6 Å². The van der Waals surface area contributed by atoms with Gasteiger partial charge in [-0.2, -0.15) is 0 Å². The highest BCUT2D eigenvalue weighted by Crippen LogP contribution is 2.32. The van der Waals surface area contributed by atoms with E-state index >= 15 is 0 Å². The van der Waals surface area contributed by atoms with Gasteiger partial charge in [-0.1, -0.05) is 11.3 Å². The number of ether oxygens (including phenoxy) is 2. The Bertz CT molecular complexity index is 1210. The second-order valence-corrected chi connectivity index (χ2v) is 11.1. The molecule has 0 N–H and O–H groups in total. The average molecular weight is 506 g/mol. The Labute approximate surface area is 205 Å². The molecule has 34 heavy (non-hydrogen) atoms. The Morgan fingerprint density at radius 2 is 1.76 bits per heavy atom. The first-order chi connectivity index (χ1) is 16.2. The lowest BCUT2D eigenvalue weighted by Gasteiger charge is -2.22. The quantitative estimate of drug-likeness (QED) is 0.369.